The summed E-state index contributed by atoms with van der Waals surface area (Å²) in [6.07, 6.45) is -16.7. The summed E-state index contributed by atoms with van der Waals surface area (Å²) in [5, 5.41) is 0. The van der Waals surface area contributed by atoms with Crippen LogP contribution in [0.1, 0.15) is 67.0 Å². The average molecular weight is 615 g/mol. The Bertz CT molecular complexity index is 1260. The third-order valence-corrected chi connectivity index (χ3v) is 6.71. The summed E-state index contributed by atoms with van der Waals surface area (Å²) in [6, 6.07) is 1.13. The maximum Gasteiger partial charge on any atom is 0.416 e. The van der Waals surface area contributed by atoms with E-state index in [0.717, 1.165) is 29.0 Å². The molecule has 2 amide bonds. The number of hydrogen-bond acceptors (Lipinski definition) is 4. The molecule has 1 aliphatic rings. The standard InChI is InChI=1S/C27H27F9N2O4/c1-4-6-19-13-22(20-12-16(25(28,29)30)7-8-21(20)38(19)24(40)42-5-2)37(23(39)41-3)14-15-9-17(26(31,32)33)11-18(10-15)27(34,35)36/h7-12,19,22H,4-6,13-14H2,1-3H3. The normalized spacial score (nSPS) is 17.5. The minimum Gasteiger partial charge on any atom is -0.453 e. The fraction of sp³-hybridized carbons (Fsp3) is 0.481. The number of carbonyl (C=O) groups excluding carboxylic acids is 2. The summed E-state index contributed by atoms with van der Waals surface area (Å²) in [7, 11) is 0.910. The van der Waals surface area contributed by atoms with E-state index in [1.165, 1.54) is 6.92 Å². The third-order valence-electron chi connectivity index (χ3n) is 6.71. The van der Waals surface area contributed by atoms with Crippen LogP contribution in [0.15, 0.2) is 36.4 Å². The largest absolute Gasteiger partial charge is 0.453 e. The van der Waals surface area contributed by atoms with Crippen LogP contribution in [-0.2, 0) is 34.5 Å². The molecule has 15 heteroatoms. The number of fused-ring (bicyclic) bond motifs is 1. The number of amides is 2. The maximum atomic E-state index is 13.7. The van der Waals surface area contributed by atoms with Crippen LogP contribution in [0, 0.1) is 0 Å². The van der Waals surface area contributed by atoms with Crippen molar-refractivity contribution in [3.05, 3.63) is 64.2 Å². The smallest absolute Gasteiger partial charge is 0.416 e. The highest BCUT2D eigenvalue weighted by molar-refractivity contribution is 5.90. The Morgan fingerprint density at radius 1 is 0.881 bits per heavy atom. The van der Waals surface area contributed by atoms with Gasteiger partial charge in [0, 0.05) is 12.6 Å². The van der Waals surface area contributed by atoms with Crippen LogP contribution in [-0.4, -0.2) is 36.8 Å². The van der Waals surface area contributed by atoms with E-state index in [2.05, 4.69) is 0 Å². The summed E-state index contributed by atoms with van der Waals surface area (Å²) in [6.45, 7) is 2.35. The highest BCUT2D eigenvalue weighted by Gasteiger charge is 2.43. The summed E-state index contributed by atoms with van der Waals surface area (Å²) >= 11 is 0. The number of hydrogen-bond donors (Lipinski definition) is 0. The SMILES string of the molecule is CCCC1CC(N(Cc2cc(C(F)(F)F)cc(C(F)(F)F)c2)C(=O)OC)c2cc(C(F)(F)F)ccc2N1C(=O)OCC. The van der Waals surface area contributed by atoms with Crippen LogP contribution in [0.25, 0.3) is 0 Å². The van der Waals surface area contributed by atoms with Crippen LogP contribution < -0.4 is 4.90 Å². The molecular weight excluding hydrogens is 587 g/mol. The van der Waals surface area contributed by atoms with Crippen molar-refractivity contribution in [2.75, 3.05) is 18.6 Å². The lowest BCUT2D eigenvalue weighted by atomic mass is 9.87. The molecule has 2 aromatic carbocycles. The Labute approximate surface area is 235 Å². The molecule has 0 aliphatic carbocycles. The van der Waals surface area contributed by atoms with Gasteiger partial charge in [0.1, 0.15) is 0 Å². The molecule has 2 aromatic rings. The van der Waals surface area contributed by atoms with Gasteiger partial charge in [0.25, 0.3) is 0 Å². The summed E-state index contributed by atoms with van der Waals surface area (Å²) in [5.74, 6) is 0. The molecule has 0 N–H and O–H groups in total. The topological polar surface area (TPSA) is 59.1 Å². The number of rotatable bonds is 6. The third kappa shape index (κ3) is 7.21. The zero-order valence-corrected chi connectivity index (χ0v) is 22.6. The van der Waals surface area contributed by atoms with Gasteiger partial charge in [-0.2, -0.15) is 39.5 Å². The number of nitrogens with zero attached hydrogens (tertiary/aromatic N) is 2. The summed E-state index contributed by atoms with van der Waals surface area (Å²) in [4.78, 5) is 27.8. The molecule has 42 heavy (non-hydrogen) atoms. The molecule has 0 spiro atoms. The monoisotopic (exact) mass is 614 g/mol. The van der Waals surface area contributed by atoms with Crippen LogP contribution in [0.5, 0.6) is 0 Å². The van der Waals surface area contributed by atoms with Gasteiger partial charge in [-0.05, 0) is 67.3 Å². The molecule has 2 atom stereocenters. The molecule has 3 rings (SSSR count). The van der Waals surface area contributed by atoms with Gasteiger partial charge in [-0.15, -0.1) is 0 Å². The van der Waals surface area contributed by atoms with Gasteiger partial charge in [-0.1, -0.05) is 13.3 Å². The summed E-state index contributed by atoms with van der Waals surface area (Å²) in [5.41, 5.74) is -5.25. The minimum atomic E-state index is -5.17. The second-order valence-corrected chi connectivity index (χ2v) is 9.55. The highest BCUT2D eigenvalue weighted by atomic mass is 19.4. The van der Waals surface area contributed by atoms with E-state index in [-0.39, 0.29) is 36.8 Å². The molecule has 0 radical (unpaired) electrons. The van der Waals surface area contributed by atoms with E-state index in [4.69, 9.17) is 9.47 Å². The van der Waals surface area contributed by atoms with Crippen LogP contribution in [0.2, 0.25) is 0 Å². The van der Waals surface area contributed by atoms with Crippen molar-refractivity contribution in [3.8, 4) is 0 Å². The van der Waals surface area contributed by atoms with Crippen molar-refractivity contribution in [2.45, 2.75) is 70.3 Å². The number of ether oxygens (including phenoxy) is 2. The van der Waals surface area contributed by atoms with Gasteiger partial charge >= 0.3 is 30.7 Å². The van der Waals surface area contributed by atoms with Crippen molar-refractivity contribution < 1.29 is 58.6 Å². The lowest BCUT2D eigenvalue weighted by Gasteiger charge is -2.44. The highest BCUT2D eigenvalue weighted by Crippen LogP contribution is 2.46. The number of halogens is 9. The lowest BCUT2D eigenvalue weighted by molar-refractivity contribution is -0.143. The van der Waals surface area contributed by atoms with Gasteiger partial charge in [-0.3, -0.25) is 9.80 Å². The van der Waals surface area contributed by atoms with E-state index >= 15 is 0 Å². The van der Waals surface area contributed by atoms with Crippen molar-refractivity contribution in [2.24, 2.45) is 0 Å². The van der Waals surface area contributed by atoms with E-state index in [9.17, 15) is 49.1 Å². The van der Waals surface area contributed by atoms with Crippen molar-refractivity contribution in [1.82, 2.24) is 4.90 Å². The fourth-order valence-corrected chi connectivity index (χ4v) is 4.95. The van der Waals surface area contributed by atoms with Crippen molar-refractivity contribution in [3.63, 3.8) is 0 Å². The van der Waals surface area contributed by atoms with Crippen LogP contribution in [0.3, 0.4) is 0 Å². The predicted molar refractivity (Wildman–Crippen MR) is 131 cm³/mol. The van der Waals surface area contributed by atoms with E-state index in [0.29, 0.717) is 24.6 Å². The van der Waals surface area contributed by atoms with E-state index in [1.807, 2.05) is 0 Å². The van der Waals surface area contributed by atoms with Gasteiger partial charge in [0.2, 0.25) is 0 Å². The average Bonchev–Trinajstić information content (AvgIpc) is 2.89. The molecule has 0 bridgehead atoms. The first-order valence-corrected chi connectivity index (χ1v) is 12.7. The van der Waals surface area contributed by atoms with E-state index in [1.54, 1.807) is 6.92 Å². The predicted octanol–water partition coefficient (Wildman–Crippen LogP) is 8.59. The Hall–Kier alpha value is -3.65. The quantitative estimate of drug-likeness (QED) is 0.306. The van der Waals surface area contributed by atoms with Gasteiger partial charge in [-0.25, -0.2) is 9.59 Å². The molecule has 232 valence electrons. The molecule has 2 unspecified atom stereocenters. The Balaban J connectivity index is 2.24. The first-order valence-electron chi connectivity index (χ1n) is 12.7. The number of carbonyl (C=O) groups is 2. The zero-order valence-electron chi connectivity index (χ0n) is 22.6. The van der Waals surface area contributed by atoms with Crippen molar-refractivity contribution >= 4 is 17.9 Å². The fourth-order valence-electron chi connectivity index (χ4n) is 4.95. The number of methoxy groups -OCH3 is 1. The molecular formula is C27H27F9N2O4. The second-order valence-electron chi connectivity index (χ2n) is 9.55. The Kier molecular flexibility index (Phi) is 9.62. The Morgan fingerprint density at radius 3 is 1.93 bits per heavy atom. The summed E-state index contributed by atoms with van der Waals surface area (Å²) < 4.78 is 132. The van der Waals surface area contributed by atoms with Crippen molar-refractivity contribution in [1.29, 1.82) is 0 Å². The second kappa shape index (κ2) is 12.3. The molecule has 0 saturated carbocycles. The van der Waals surface area contributed by atoms with Crippen LogP contribution in [0.4, 0.5) is 54.8 Å². The molecule has 1 aliphatic heterocycles. The zero-order chi connectivity index (χ0) is 31.6. The van der Waals surface area contributed by atoms with E-state index < -0.39 is 71.6 Å². The number of anilines is 1. The first kappa shape index (κ1) is 32.9. The van der Waals surface area contributed by atoms with Crippen LogP contribution >= 0.6 is 0 Å². The minimum absolute atomic E-state index is 0.0509. The molecule has 0 saturated heterocycles. The lowest BCUT2D eigenvalue weighted by Crippen LogP contribution is -2.49. The molecule has 0 aromatic heterocycles. The Morgan fingerprint density at radius 2 is 1.45 bits per heavy atom. The van der Waals surface area contributed by atoms with Gasteiger partial charge < -0.3 is 9.47 Å². The van der Waals surface area contributed by atoms with Gasteiger partial charge in [0.15, 0.2) is 0 Å². The molecule has 6 nitrogen and oxygen atoms in total. The maximum absolute atomic E-state index is 13.7. The molecule has 0 fully saturated rings. The number of benzene rings is 2. The number of alkyl halides is 9. The molecule has 1 heterocycles. The van der Waals surface area contributed by atoms with Gasteiger partial charge in [0.05, 0.1) is 42.1 Å². The first-order chi connectivity index (χ1) is 19.4.